The molecular formula is C20H34O10. The Hall–Kier alpha value is -0.850. The van der Waals surface area contributed by atoms with Crippen LogP contribution >= 0.6 is 0 Å². The molecule has 3 aliphatic rings. The highest BCUT2D eigenvalue weighted by Gasteiger charge is 2.42. The minimum Gasteiger partial charge on any atom is -0.457 e. The first kappa shape index (κ1) is 23.8. The number of esters is 1. The SMILES string of the molecule is CC(=O)OC1C(C)OC(O)CC1OC1CCC(OC2CC(O)C(O)C(C)O2)C(C)O1. The lowest BCUT2D eigenvalue weighted by Gasteiger charge is -2.43. The van der Waals surface area contributed by atoms with Gasteiger partial charge in [0, 0.05) is 26.2 Å². The lowest BCUT2D eigenvalue weighted by molar-refractivity contribution is -0.313. The maximum atomic E-state index is 11.4. The maximum Gasteiger partial charge on any atom is 0.303 e. The molecule has 3 rings (SSSR count). The number of aliphatic hydroxyl groups is 3. The van der Waals surface area contributed by atoms with Crippen LogP contribution in [0.15, 0.2) is 0 Å². The van der Waals surface area contributed by atoms with Crippen molar-refractivity contribution in [1.29, 1.82) is 0 Å². The summed E-state index contributed by atoms with van der Waals surface area (Å²) in [5.41, 5.74) is 0. The number of aliphatic hydroxyl groups excluding tert-OH is 3. The summed E-state index contributed by atoms with van der Waals surface area (Å²) in [5.74, 6) is -0.444. The molecule has 0 saturated carbocycles. The van der Waals surface area contributed by atoms with Gasteiger partial charge in [0.05, 0.1) is 30.5 Å². The zero-order valence-electron chi connectivity index (χ0n) is 17.9. The van der Waals surface area contributed by atoms with Crippen LogP contribution in [0.25, 0.3) is 0 Å². The second-order valence-corrected chi connectivity index (χ2v) is 8.37. The van der Waals surface area contributed by atoms with Gasteiger partial charge in [0.2, 0.25) is 0 Å². The van der Waals surface area contributed by atoms with Crippen LogP contribution in [-0.4, -0.2) is 89.0 Å². The molecule has 0 spiro atoms. The van der Waals surface area contributed by atoms with E-state index in [1.54, 1.807) is 13.8 Å². The molecule has 3 saturated heterocycles. The average molecular weight is 434 g/mol. The Labute approximate surface area is 176 Å². The predicted molar refractivity (Wildman–Crippen MR) is 101 cm³/mol. The Kier molecular flexibility index (Phi) is 8.08. The molecule has 3 heterocycles. The standard InChI is InChI=1S/C20H34O10/c1-9-14(29-18-7-13(22)19(24)10(2)27-18)5-6-17(26-9)30-15-8-16(23)25-11(3)20(15)28-12(4)21/h9-11,13-20,22-24H,5-8H2,1-4H3. The van der Waals surface area contributed by atoms with Gasteiger partial charge in [-0.15, -0.1) is 0 Å². The number of rotatable bonds is 5. The topological polar surface area (TPSA) is 133 Å². The van der Waals surface area contributed by atoms with Gasteiger partial charge in [-0.2, -0.15) is 0 Å². The van der Waals surface area contributed by atoms with Crippen molar-refractivity contribution in [2.45, 2.75) is 121 Å². The van der Waals surface area contributed by atoms with Gasteiger partial charge in [0.1, 0.15) is 12.2 Å². The largest absolute Gasteiger partial charge is 0.457 e. The van der Waals surface area contributed by atoms with Gasteiger partial charge in [-0.3, -0.25) is 4.79 Å². The third kappa shape index (κ3) is 5.89. The monoisotopic (exact) mass is 434 g/mol. The van der Waals surface area contributed by atoms with E-state index in [1.807, 2.05) is 6.92 Å². The molecule has 3 N–H and O–H groups in total. The summed E-state index contributed by atoms with van der Waals surface area (Å²) in [7, 11) is 0. The highest BCUT2D eigenvalue weighted by atomic mass is 16.7. The van der Waals surface area contributed by atoms with Gasteiger partial charge < -0.3 is 43.7 Å². The van der Waals surface area contributed by atoms with Crippen LogP contribution in [0.1, 0.15) is 53.4 Å². The highest BCUT2D eigenvalue weighted by Crippen LogP contribution is 2.31. The Balaban J connectivity index is 1.52. The van der Waals surface area contributed by atoms with Crippen LogP contribution < -0.4 is 0 Å². The van der Waals surface area contributed by atoms with E-state index >= 15 is 0 Å². The van der Waals surface area contributed by atoms with Gasteiger partial charge >= 0.3 is 5.97 Å². The molecule has 0 aromatic carbocycles. The Morgan fingerprint density at radius 3 is 2.13 bits per heavy atom. The average Bonchev–Trinajstić information content (AvgIpc) is 2.64. The summed E-state index contributed by atoms with van der Waals surface area (Å²) < 4.78 is 34.3. The second kappa shape index (κ2) is 10.2. The number of hydrogen-bond acceptors (Lipinski definition) is 10. The fourth-order valence-corrected chi connectivity index (χ4v) is 4.22. The van der Waals surface area contributed by atoms with Gasteiger partial charge in [-0.05, 0) is 27.2 Å². The van der Waals surface area contributed by atoms with Gasteiger partial charge in [0.15, 0.2) is 25.0 Å². The highest BCUT2D eigenvalue weighted by molar-refractivity contribution is 5.66. The Morgan fingerprint density at radius 2 is 1.50 bits per heavy atom. The van der Waals surface area contributed by atoms with Crippen molar-refractivity contribution in [3.63, 3.8) is 0 Å². The van der Waals surface area contributed by atoms with E-state index in [-0.39, 0.29) is 25.0 Å². The number of carbonyl (C=O) groups is 1. The second-order valence-electron chi connectivity index (χ2n) is 8.37. The molecule has 3 fully saturated rings. The Morgan fingerprint density at radius 1 is 0.833 bits per heavy atom. The number of hydrogen-bond donors (Lipinski definition) is 3. The van der Waals surface area contributed by atoms with Crippen molar-refractivity contribution in [3.05, 3.63) is 0 Å². The van der Waals surface area contributed by atoms with Crippen molar-refractivity contribution in [2.24, 2.45) is 0 Å². The van der Waals surface area contributed by atoms with Crippen LogP contribution in [0.5, 0.6) is 0 Å². The molecule has 0 aromatic rings. The summed E-state index contributed by atoms with van der Waals surface area (Å²) in [5, 5.41) is 29.6. The lowest BCUT2D eigenvalue weighted by atomic mass is 10.0. The van der Waals surface area contributed by atoms with Crippen molar-refractivity contribution in [2.75, 3.05) is 0 Å². The van der Waals surface area contributed by atoms with E-state index in [0.717, 1.165) is 0 Å². The number of ether oxygens (including phenoxy) is 6. The van der Waals surface area contributed by atoms with Crippen molar-refractivity contribution in [1.82, 2.24) is 0 Å². The van der Waals surface area contributed by atoms with E-state index in [4.69, 9.17) is 28.4 Å². The minimum absolute atomic E-state index is 0.171. The van der Waals surface area contributed by atoms with E-state index in [1.165, 1.54) is 6.92 Å². The van der Waals surface area contributed by atoms with Crippen LogP contribution in [0.2, 0.25) is 0 Å². The molecule has 3 aliphatic heterocycles. The first-order chi connectivity index (χ1) is 14.1. The molecule has 0 aromatic heterocycles. The smallest absolute Gasteiger partial charge is 0.303 e. The first-order valence-electron chi connectivity index (χ1n) is 10.6. The van der Waals surface area contributed by atoms with Crippen molar-refractivity contribution >= 4 is 5.97 Å². The molecule has 174 valence electrons. The van der Waals surface area contributed by atoms with Crippen LogP contribution in [0.4, 0.5) is 0 Å². The normalized spacial score (nSPS) is 47.6. The van der Waals surface area contributed by atoms with E-state index < -0.39 is 61.5 Å². The van der Waals surface area contributed by atoms with Gasteiger partial charge in [0.25, 0.3) is 0 Å². The molecule has 11 unspecified atom stereocenters. The van der Waals surface area contributed by atoms with E-state index in [2.05, 4.69) is 0 Å². The van der Waals surface area contributed by atoms with Crippen LogP contribution in [0.3, 0.4) is 0 Å². The number of carbonyl (C=O) groups excluding carboxylic acids is 1. The fourth-order valence-electron chi connectivity index (χ4n) is 4.22. The minimum atomic E-state index is -0.999. The third-order valence-electron chi connectivity index (χ3n) is 5.84. The van der Waals surface area contributed by atoms with Crippen molar-refractivity contribution in [3.8, 4) is 0 Å². The lowest BCUT2D eigenvalue weighted by Crippen LogP contribution is -2.53. The summed E-state index contributed by atoms with van der Waals surface area (Å²) in [6.45, 7) is 6.59. The van der Waals surface area contributed by atoms with Gasteiger partial charge in [-0.25, -0.2) is 0 Å². The fraction of sp³-hybridized carbons (Fsp3) is 0.950. The molecule has 0 bridgehead atoms. The van der Waals surface area contributed by atoms with E-state index in [9.17, 15) is 20.1 Å². The van der Waals surface area contributed by atoms with Crippen LogP contribution in [-0.2, 0) is 33.2 Å². The van der Waals surface area contributed by atoms with Gasteiger partial charge in [-0.1, -0.05) is 0 Å². The van der Waals surface area contributed by atoms with Crippen LogP contribution in [0, 0.1) is 0 Å². The summed E-state index contributed by atoms with van der Waals surface area (Å²) >= 11 is 0. The summed E-state index contributed by atoms with van der Waals surface area (Å²) in [6, 6.07) is 0. The molecular weight excluding hydrogens is 400 g/mol. The predicted octanol–water partition coefficient (Wildman–Crippen LogP) is 0.197. The van der Waals surface area contributed by atoms with E-state index in [0.29, 0.717) is 12.8 Å². The molecule has 10 heteroatoms. The molecule has 10 nitrogen and oxygen atoms in total. The molecule has 11 atom stereocenters. The Bertz CT molecular complexity index is 562. The quantitative estimate of drug-likeness (QED) is 0.515. The first-order valence-corrected chi connectivity index (χ1v) is 10.6. The zero-order valence-corrected chi connectivity index (χ0v) is 17.9. The summed E-state index contributed by atoms with van der Waals surface area (Å²) in [4.78, 5) is 11.4. The molecule has 30 heavy (non-hydrogen) atoms. The molecule has 0 aliphatic carbocycles. The zero-order chi connectivity index (χ0) is 22.0. The molecule has 0 radical (unpaired) electrons. The third-order valence-corrected chi connectivity index (χ3v) is 5.84. The maximum absolute atomic E-state index is 11.4. The van der Waals surface area contributed by atoms with Crippen molar-refractivity contribution < 1.29 is 48.5 Å². The summed E-state index contributed by atoms with van der Waals surface area (Å²) in [6.07, 6.45) is -5.22. The molecule has 0 amide bonds.